The van der Waals surface area contributed by atoms with Gasteiger partial charge in [0.25, 0.3) is 0 Å². The van der Waals surface area contributed by atoms with Gasteiger partial charge in [0.1, 0.15) is 5.75 Å². The number of amides is 1. The largest absolute Gasteiger partial charge is 0.508 e. The highest BCUT2D eigenvalue weighted by Gasteiger charge is 2.47. The van der Waals surface area contributed by atoms with Crippen molar-refractivity contribution >= 4 is 11.6 Å². The van der Waals surface area contributed by atoms with Gasteiger partial charge in [-0.25, -0.2) is 0 Å². The number of carbonyl (C=O) groups excluding carboxylic acids is 1. The number of phenols is 1. The Balaban J connectivity index is 1.59. The number of nitrogens with zero attached hydrogens (tertiary/aromatic N) is 1. The van der Waals surface area contributed by atoms with Crippen LogP contribution in [-0.4, -0.2) is 11.0 Å². The van der Waals surface area contributed by atoms with E-state index >= 15 is 0 Å². The fourth-order valence-electron chi connectivity index (χ4n) is 3.57. The summed E-state index contributed by atoms with van der Waals surface area (Å²) < 4.78 is 0. The molecule has 1 aliphatic heterocycles. The van der Waals surface area contributed by atoms with Gasteiger partial charge in [-0.2, -0.15) is 0 Å². The Hall–Kier alpha value is -3.33. The monoisotopic (exact) mass is 355 g/mol. The summed E-state index contributed by atoms with van der Waals surface area (Å²) in [4.78, 5) is 14.7. The molecule has 3 aromatic rings. The molecule has 0 unspecified atom stereocenters. The second-order valence-electron chi connectivity index (χ2n) is 6.72. The van der Waals surface area contributed by atoms with E-state index in [9.17, 15) is 9.90 Å². The lowest BCUT2D eigenvalue weighted by molar-refractivity contribution is -0.128. The molecule has 134 valence electrons. The van der Waals surface area contributed by atoms with Crippen molar-refractivity contribution in [1.29, 1.82) is 0 Å². The van der Waals surface area contributed by atoms with Crippen LogP contribution in [0.5, 0.6) is 5.75 Å². The molecule has 1 N–H and O–H groups in total. The smallest absolute Gasteiger partial charge is 0.236 e. The zero-order valence-electron chi connectivity index (χ0n) is 14.9. The minimum absolute atomic E-state index is 0.0322. The zero-order valence-corrected chi connectivity index (χ0v) is 14.9. The van der Waals surface area contributed by atoms with Crippen LogP contribution in [0.2, 0.25) is 0 Å². The predicted molar refractivity (Wildman–Crippen MR) is 108 cm³/mol. The normalized spacial score (nSPS) is 19.3. The number of rotatable bonds is 5. The highest BCUT2D eigenvalue weighted by Crippen LogP contribution is 2.44. The number of hydrogen-bond acceptors (Lipinski definition) is 2. The Kier molecular flexibility index (Phi) is 4.75. The summed E-state index contributed by atoms with van der Waals surface area (Å²) in [6.45, 7) is 0. The van der Waals surface area contributed by atoms with Gasteiger partial charge < -0.3 is 10.0 Å². The molecule has 3 aromatic carbocycles. The van der Waals surface area contributed by atoms with Crippen LogP contribution in [0.25, 0.3) is 0 Å². The quantitative estimate of drug-likeness (QED) is 0.523. The summed E-state index contributed by atoms with van der Waals surface area (Å²) in [5.74, 6) is 0.103. The first-order valence-electron chi connectivity index (χ1n) is 9.12. The second-order valence-corrected chi connectivity index (χ2v) is 6.72. The molecule has 3 heteroatoms. The first-order chi connectivity index (χ1) is 13.2. The number of anilines is 1. The molecule has 0 saturated carbocycles. The van der Waals surface area contributed by atoms with Gasteiger partial charge in [-0.15, -0.1) is 0 Å². The van der Waals surface area contributed by atoms with Crippen molar-refractivity contribution in [2.75, 3.05) is 4.90 Å². The van der Waals surface area contributed by atoms with Gasteiger partial charge in [0.15, 0.2) is 0 Å². The lowest BCUT2D eigenvalue weighted by Crippen LogP contribution is -2.54. The molecule has 0 aliphatic carbocycles. The van der Waals surface area contributed by atoms with E-state index in [1.165, 1.54) is 5.56 Å². The van der Waals surface area contributed by atoms with Crippen molar-refractivity contribution in [1.82, 2.24) is 0 Å². The summed E-state index contributed by atoms with van der Waals surface area (Å²) in [6.07, 6.45) is 4.93. The molecule has 1 saturated heterocycles. The average molecular weight is 355 g/mol. The number of carbonyl (C=O) groups is 1. The molecule has 4 rings (SSSR count). The molecule has 27 heavy (non-hydrogen) atoms. The van der Waals surface area contributed by atoms with E-state index in [0.717, 1.165) is 17.7 Å². The lowest BCUT2D eigenvalue weighted by Gasteiger charge is -2.46. The number of phenolic OH excluding ortho intramolecular Hbond substituents is 1. The maximum Gasteiger partial charge on any atom is 0.236 e. The molecule has 0 radical (unpaired) electrons. The molecule has 0 aromatic heterocycles. The summed E-state index contributed by atoms with van der Waals surface area (Å²) in [5, 5.41) is 9.54. The molecule has 0 bridgehead atoms. The average Bonchev–Trinajstić information content (AvgIpc) is 2.72. The summed E-state index contributed by atoms with van der Waals surface area (Å²) >= 11 is 0. The Labute approximate surface area is 159 Å². The number of aromatic hydroxyl groups is 1. The van der Waals surface area contributed by atoms with Gasteiger partial charge in [0.05, 0.1) is 12.0 Å². The fourth-order valence-corrected chi connectivity index (χ4v) is 3.57. The van der Waals surface area contributed by atoms with Crippen LogP contribution in [0.1, 0.15) is 17.2 Å². The Morgan fingerprint density at radius 2 is 1.48 bits per heavy atom. The van der Waals surface area contributed by atoms with Crippen LogP contribution in [0, 0.1) is 5.92 Å². The fraction of sp³-hybridized carbons (Fsp3) is 0.125. The first-order valence-corrected chi connectivity index (χ1v) is 9.12. The molecule has 1 aliphatic rings. The molecule has 0 spiro atoms. The summed E-state index contributed by atoms with van der Waals surface area (Å²) in [5.41, 5.74) is 3.14. The van der Waals surface area contributed by atoms with E-state index in [1.807, 2.05) is 47.4 Å². The van der Waals surface area contributed by atoms with Gasteiger partial charge >= 0.3 is 0 Å². The van der Waals surface area contributed by atoms with Gasteiger partial charge in [-0.1, -0.05) is 72.8 Å². The maximum absolute atomic E-state index is 12.9. The summed E-state index contributed by atoms with van der Waals surface area (Å²) in [7, 11) is 0. The van der Waals surface area contributed by atoms with Crippen LogP contribution in [0.3, 0.4) is 0 Å². The molecule has 1 fully saturated rings. The molecular formula is C24H21NO2. The van der Waals surface area contributed by atoms with Gasteiger partial charge in [0.2, 0.25) is 5.91 Å². The molecule has 2 atom stereocenters. The number of allylic oxidation sites excluding steroid dienone is 1. The maximum atomic E-state index is 12.9. The molecule has 3 nitrogen and oxygen atoms in total. The second kappa shape index (κ2) is 7.50. The minimum Gasteiger partial charge on any atom is -0.508 e. The standard InChI is InChI=1S/C24H21NO2/c26-21-16-14-20(15-17-21)25-23(19-11-5-2-6-12-19)22(24(25)27)13-7-10-18-8-3-1-4-9-18/h1-9,11-17,22-23,26H,10H2/b13-7+/t22-,23-/m1/s1. The van der Waals surface area contributed by atoms with Crippen LogP contribution in [0.15, 0.2) is 97.1 Å². The SMILES string of the molecule is O=C1[C@H](/C=C/Cc2ccccc2)[C@@H](c2ccccc2)N1c1ccc(O)cc1. The van der Waals surface area contributed by atoms with Gasteiger partial charge in [-0.05, 0) is 41.8 Å². The van der Waals surface area contributed by atoms with Gasteiger partial charge in [0, 0.05) is 5.69 Å². The Morgan fingerprint density at radius 1 is 0.852 bits per heavy atom. The number of β-lactam (4-membered cyclic amide) rings is 1. The van der Waals surface area contributed by atoms with Crippen LogP contribution < -0.4 is 4.90 Å². The van der Waals surface area contributed by atoms with E-state index < -0.39 is 0 Å². The Morgan fingerprint density at radius 3 is 2.15 bits per heavy atom. The summed E-state index contributed by atoms with van der Waals surface area (Å²) in [6, 6.07) is 27.1. The predicted octanol–water partition coefficient (Wildman–Crippen LogP) is 4.90. The number of benzene rings is 3. The van der Waals surface area contributed by atoms with E-state index in [-0.39, 0.29) is 23.6 Å². The zero-order chi connectivity index (χ0) is 18.6. The van der Waals surface area contributed by atoms with Crippen molar-refractivity contribution < 1.29 is 9.90 Å². The van der Waals surface area contributed by atoms with Crippen molar-refractivity contribution in [3.63, 3.8) is 0 Å². The van der Waals surface area contributed by atoms with Gasteiger partial charge in [-0.3, -0.25) is 4.79 Å². The lowest BCUT2D eigenvalue weighted by atomic mass is 9.81. The highest BCUT2D eigenvalue weighted by molar-refractivity contribution is 6.04. The van der Waals surface area contributed by atoms with Crippen molar-refractivity contribution in [3.05, 3.63) is 108 Å². The molecule has 1 heterocycles. The van der Waals surface area contributed by atoms with E-state index in [2.05, 4.69) is 30.3 Å². The van der Waals surface area contributed by atoms with Crippen molar-refractivity contribution in [2.24, 2.45) is 5.92 Å². The van der Waals surface area contributed by atoms with Crippen LogP contribution in [-0.2, 0) is 11.2 Å². The van der Waals surface area contributed by atoms with E-state index in [4.69, 9.17) is 0 Å². The van der Waals surface area contributed by atoms with Crippen LogP contribution >= 0.6 is 0 Å². The van der Waals surface area contributed by atoms with Crippen molar-refractivity contribution in [3.8, 4) is 5.75 Å². The number of hydrogen-bond donors (Lipinski definition) is 1. The minimum atomic E-state index is -0.176. The Bertz CT molecular complexity index is 933. The highest BCUT2D eigenvalue weighted by atomic mass is 16.3. The van der Waals surface area contributed by atoms with Crippen molar-refractivity contribution in [2.45, 2.75) is 12.5 Å². The third kappa shape index (κ3) is 3.49. The first kappa shape index (κ1) is 17.1. The third-order valence-corrected chi connectivity index (χ3v) is 4.95. The third-order valence-electron chi connectivity index (χ3n) is 4.95. The molecular weight excluding hydrogens is 334 g/mol. The van der Waals surface area contributed by atoms with E-state index in [0.29, 0.717) is 0 Å². The molecule has 1 amide bonds. The van der Waals surface area contributed by atoms with Crippen LogP contribution in [0.4, 0.5) is 5.69 Å². The van der Waals surface area contributed by atoms with E-state index in [1.54, 1.807) is 24.3 Å². The topological polar surface area (TPSA) is 40.5 Å².